The zero-order valence-corrected chi connectivity index (χ0v) is 21.1. The van der Waals surface area contributed by atoms with Crippen LogP contribution < -0.4 is 11.1 Å². The smallest absolute Gasteiger partial charge is 0.235 e. The fourth-order valence-electron chi connectivity index (χ4n) is 4.75. The molecular weight excluding hydrogens is 504 g/mol. The molecule has 0 saturated heterocycles. The second kappa shape index (κ2) is 9.26. The van der Waals surface area contributed by atoms with Gasteiger partial charge in [0.2, 0.25) is 5.91 Å². The highest BCUT2D eigenvalue weighted by atomic mass is 19.1. The molecule has 2 aliphatic rings. The van der Waals surface area contributed by atoms with Crippen molar-refractivity contribution in [2.75, 3.05) is 11.1 Å². The minimum absolute atomic E-state index is 0.0669. The lowest BCUT2D eigenvalue weighted by Crippen LogP contribution is -2.28. The Kier molecular flexibility index (Phi) is 5.86. The minimum atomic E-state index is -1.50. The molecule has 1 unspecified atom stereocenters. The molecule has 198 valence electrons. The van der Waals surface area contributed by atoms with Crippen LogP contribution in [0.25, 0.3) is 22.9 Å². The van der Waals surface area contributed by atoms with E-state index in [2.05, 4.69) is 25.5 Å². The van der Waals surface area contributed by atoms with Gasteiger partial charge < -0.3 is 15.6 Å². The van der Waals surface area contributed by atoms with Crippen LogP contribution in [0.2, 0.25) is 0 Å². The zero-order chi connectivity index (χ0) is 27.2. The Morgan fingerprint density at radius 1 is 1.21 bits per heavy atom. The Bertz CT molecular complexity index is 1600. The molecule has 3 aromatic heterocycles. The fraction of sp³-hybridized carbons (Fsp3) is 0.250. The maximum absolute atomic E-state index is 15.2. The molecule has 9 nitrogen and oxygen atoms in total. The molecule has 2 aliphatic carbocycles. The summed E-state index contributed by atoms with van der Waals surface area (Å²) in [6, 6.07) is 9.35. The summed E-state index contributed by atoms with van der Waals surface area (Å²) in [5.74, 6) is -0.311. The van der Waals surface area contributed by atoms with E-state index in [-0.39, 0.29) is 42.0 Å². The normalized spacial score (nSPS) is 19.5. The number of nitrogens with one attached hydrogen (secondary N) is 1. The highest BCUT2D eigenvalue weighted by molar-refractivity contribution is 6.02. The number of aromatic nitrogens is 5. The summed E-state index contributed by atoms with van der Waals surface area (Å²) in [4.78, 5) is 21.9. The summed E-state index contributed by atoms with van der Waals surface area (Å²) in [6.45, 7) is 1.73. The lowest BCUT2D eigenvalue weighted by Gasteiger charge is -2.25. The number of nitrogens with zero attached hydrogens (tertiary/aromatic N) is 5. The number of rotatable bonds is 7. The maximum Gasteiger partial charge on any atom is 0.235 e. The third-order valence-electron chi connectivity index (χ3n) is 7.28. The molecule has 4 aromatic rings. The quantitative estimate of drug-likeness (QED) is 0.345. The minimum Gasteiger partial charge on any atom is -0.382 e. The Balaban J connectivity index is 1.27. The van der Waals surface area contributed by atoms with Gasteiger partial charge in [-0.3, -0.25) is 9.48 Å². The van der Waals surface area contributed by atoms with E-state index < -0.39 is 11.1 Å². The number of hydrogen-bond donors (Lipinski definition) is 2. The van der Waals surface area contributed by atoms with Crippen molar-refractivity contribution < 1.29 is 18.1 Å². The predicted molar refractivity (Wildman–Crippen MR) is 140 cm³/mol. The predicted octanol–water partition coefficient (Wildman–Crippen LogP) is 5.00. The van der Waals surface area contributed by atoms with Gasteiger partial charge >= 0.3 is 0 Å². The SMILES string of the molecule is CC1(F)CC=CC=C1Cn1nc(-c2ncc(NC(=O)C3(c4ccc(F)cc4)CC3)c(N)n2)cc1-c1ccon1. The Morgan fingerprint density at radius 2 is 2.00 bits per heavy atom. The van der Waals surface area contributed by atoms with Crippen LogP contribution in [0, 0.1) is 5.82 Å². The van der Waals surface area contributed by atoms with Gasteiger partial charge in [-0.1, -0.05) is 35.5 Å². The van der Waals surface area contributed by atoms with E-state index in [4.69, 9.17) is 10.3 Å². The molecule has 6 rings (SSSR count). The van der Waals surface area contributed by atoms with Crippen LogP contribution in [0.1, 0.15) is 31.7 Å². The second-order valence-corrected chi connectivity index (χ2v) is 10.0. The number of nitrogen functional groups attached to an aromatic ring is 1. The van der Waals surface area contributed by atoms with Crippen molar-refractivity contribution in [1.29, 1.82) is 0 Å². The molecular formula is C28H25F2N7O2. The summed E-state index contributed by atoms with van der Waals surface area (Å²) in [6.07, 6.45) is 9.82. The number of allylic oxidation sites excluding steroid dienone is 4. The summed E-state index contributed by atoms with van der Waals surface area (Å²) < 4.78 is 35.2. The Labute approximate surface area is 222 Å². The molecule has 0 aliphatic heterocycles. The molecule has 1 fully saturated rings. The lowest BCUT2D eigenvalue weighted by atomic mass is 9.90. The molecule has 39 heavy (non-hydrogen) atoms. The van der Waals surface area contributed by atoms with E-state index in [0.29, 0.717) is 35.5 Å². The van der Waals surface area contributed by atoms with Gasteiger partial charge in [-0.05, 0) is 49.1 Å². The van der Waals surface area contributed by atoms with Gasteiger partial charge in [0.1, 0.15) is 34.8 Å². The van der Waals surface area contributed by atoms with E-state index in [9.17, 15) is 9.18 Å². The van der Waals surface area contributed by atoms with Gasteiger partial charge in [0, 0.05) is 12.5 Å². The van der Waals surface area contributed by atoms with Crippen molar-refractivity contribution in [3.05, 3.63) is 84.0 Å². The van der Waals surface area contributed by atoms with E-state index in [1.807, 2.05) is 6.08 Å². The number of halogens is 2. The molecule has 0 radical (unpaired) electrons. The lowest BCUT2D eigenvalue weighted by molar-refractivity contribution is -0.118. The van der Waals surface area contributed by atoms with Crippen molar-refractivity contribution in [3.8, 4) is 22.9 Å². The molecule has 11 heteroatoms. The van der Waals surface area contributed by atoms with Gasteiger partial charge in [0.15, 0.2) is 11.6 Å². The highest BCUT2D eigenvalue weighted by Crippen LogP contribution is 2.49. The fourth-order valence-corrected chi connectivity index (χ4v) is 4.75. The second-order valence-electron chi connectivity index (χ2n) is 10.0. The third-order valence-corrected chi connectivity index (χ3v) is 7.28. The number of amides is 1. The number of carbonyl (C=O) groups is 1. The van der Waals surface area contributed by atoms with Gasteiger partial charge in [-0.2, -0.15) is 5.10 Å². The molecule has 1 aromatic carbocycles. The van der Waals surface area contributed by atoms with Gasteiger partial charge in [-0.15, -0.1) is 0 Å². The molecule has 1 saturated carbocycles. The van der Waals surface area contributed by atoms with E-state index in [1.54, 1.807) is 48.0 Å². The first-order chi connectivity index (χ1) is 18.7. The summed E-state index contributed by atoms with van der Waals surface area (Å²) >= 11 is 0. The van der Waals surface area contributed by atoms with E-state index in [1.165, 1.54) is 24.6 Å². The van der Waals surface area contributed by atoms with Crippen LogP contribution >= 0.6 is 0 Å². The number of hydrogen-bond acceptors (Lipinski definition) is 7. The molecule has 3 heterocycles. The maximum atomic E-state index is 15.2. The monoisotopic (exact) mass is 529 g/mol. The van der Waals surface area contributed by atoms with Crippen molar-refractivity contribution in [1.82, 2.24) is 24.9 Å². The molecule has 1 atom stereocenters. The average Bonchev–Trinajstić information content (AvgIpc) is 3.34. The van der Waals surface area contributed by atoms with Crippen molar-refractivity contribution in [2.45, 2.75) is 43.8 Å². The number of anilines is 2. The number of carbonyl (C=O) groups excluding carboxylic acids is 1. The van der Waals surface area contributed by atoms with Crippen LogP contribution in [-0.2, 0) is 16.8 Å². The average molecular weight is 530 g/mol. The van der Waals surface area contributed by atoms with Crippen LogP contribution in [0.3, 0.4) is 0 Å². The summed E-state index contributed by atoms with van der Waals surface area (Å²) in [5, 5.41) is 11.5. The topological polar surface area (TPSA) is 125 Å². The Morgan fingerprint density at radius 3 is 2.67 bits per heavy atom. The largest absolute Gasteiger partial charge is 0.382 e. The van der Waals surface area contributed by atoms with Gasteiger partial charge in [0.25, 0.3) is 0 Å². The zero-order valence-electron chi connectivity index (χ0n) is 21.1. The van der Waals surface area contributed by atoms with Gasteiger partial charge in [-0.25, -0.2) is 18.7 Å². The van der Waals surface area contributed by atoms with Crippen LogP contribution in [0.4, 0.5) is 20.3 Å². The first kappa shape index (κ1) is 24.7. The van der Waals surface area contributed by atoms with Crippen molar-refractivity contribution >= 4 is 17.4 Å². The van der Waals surface area contributed by atoms with E-state index in [0.717, 1.165) is 5.56 Å². The van der Waals surface area contributed by atoms with Crippen LogP contribution in [-0.4, -0.2) is 36.5 Å². The third kappa shape index (κ3) is 4.60. The first-order valence-electron chi connectivity index (χ1n) is 12.5. The molecule has 3 N–H and O–H groups in total. The standard InChI is InChI=1S/C28H25F2N7O2/c1-27(30)10-3-2-4-18(27)16-37-23(20-9-13-39-36-20)14-21(35-37)25-32-15-22(24(31)34-25)33-26(38)28(11-12-28)17-5-7-19(29)8-6-17/h2-9,13-15H,10-12,16H2,1H3,(H,33,38)(H2,31,32,34). The number of alkyl halides is 1. The number of benzene rings is 1. The van der Waals surface area contributed by atoms with Gasteiger partial charge in [0.05, 0.1) is 23.9 Å². The summed E-state index contributed by atoms with van der Waals surface area (Å²) in [7, 11) is 0. The van der Waals surface area contributed by atoms with Crippen LogP contribution in [0.15, 0.2) is 77.2 Å². The highest BCUT2D eigenvalue weighted by Gasteiger charge is 2.51. The molecule has 0 bridgehead atoms. The van der Waals surface area contributed by atoms with Crippen molar-refractivity contribution in [2.24, 2.45) is 0 Å². The first-order valence-corrected chi connectivity index (χ1v) is 12.5. The molecule has 1 amide bonds. The van der Waals surface area contributed by atoms with Crippen LogP contribution in [0.5, 0.6) is 0 Å². The summed E-state index contributed by atoms with van der Waals surface area (Å²) in [5.41, 5.74) is 7.08. The Hall–Kier alpha value is -4.67. The van der Waals surface area contributed by atoms with Crippen molar-refractivity contribution in [3.63, 3.8) is 0 Å². The number of nitrogens with two attached hydrogens (primary N) is 1. The molecule has 0 spiro atoms. The van der Waals surface area contributed by atoms with E-state index >= 15 is 4.39 Å².